The average molecular weight is 359 g/mol. The Morgan fingerprint density at radius 2 is 1.76 bits per heavy atom. The third-order valence-electron chi connectivity index (χ3n) is 3.65. The zero-order valence-corrected chi connectivity index (χ0v) is 14.9. The molecular formula is C19H21NO4S. The largest absolute Gasteiger partial charge is 0.489 e. The monoisotopic (exact) mass is 359 g/mol. The summed E-state index contributed by atoms with van der Waals surface area (Å²) in [6, 6.07) is 16.6. The Kier molecular flexibility index (Phi) is 6.89. The van der Waals surface area contributed by atoms with Crippen LogP contribution in [0.5, 0.6) is 5.75 Å². The van der Waals surface area contributed by atoms with E-state index in [9.17, 15) is 9.59 Å². The lowest BCUT2D eigenvalue weighted by atomic mass is 10.1. The summed E-state index contributed by atoms with van der Waals surface area (Å²) >= 11 is 4.12. The molecule has 0 aliphatic carbocycles. The Morgan fingerprint density at radius 3 is 2.32 bits per heavy atom. The highest BCUT2D eigenvalue weighted by atomic mass is 32.1. The van der Waals surface area contributed by atoms with Gasteiger partial charge in [-0.15, -0.1) is 0 Å². The highest BCUT2D eigenvalue weighted by molar-refractivity contribution is 7.80. The number of aliphatic carboxylic acids is 1. The van der Waals surface area contributed by atoms with Gasteiger partial charge in [0.05, 0.1) is 0 Å². The Balaban J connectivity index is 2.09. The molecule has 5 nitrogen and oxygen atoms in total. The number of anilines is 1. The van der Waals surface area contributed by atoms with Crippen molar-refractivity contribution in [1.29, 1.82) is 0 Å². The molecule has 2 aromatic carbocycles. The number of thiol groups is 1. The summed E-state index contributed by atoms with van der Waals surface area (Å²) in [5.41, 5.74) is 1.57. The van der Waals surface area contributed by atoms with Gasteiger partial charge in [0.25, 0.3) is 0 Å². The first kappa shape index (κ1) is 18.9. The van der Waals surface area contributed by atoms with Crippen LogP contribution in [0.4, 0.5) is 5.69 Å². The lowest BCUT2D eigenvalue weighted by Crippen LogP contribution is -2.39. The highest BCUT2D eigenvalue weighted by Crippen LogP contribution is 2.22. The number of ether oxygens (including phenoxy) is 1. The topological polar surface area (TPSA) is 66.8 Å². The van der Waals surface area contributed by atoms with Crippen LogP contribution in [-0.4, -0.2) is 29.3 Å². The Bertz CT molecular complexity index is 703. The number of nitrogens with zero attached hydrogens (tertiary/aromatic N) is 1. The quantitative estimate of drug-likeness (QED) is 0.710. The molecule has 2 aromatic rings. The maximum absolute atomic E-state index is 12.4. The van der Waals surface area contributed by atoms with Crippen molar-refractivity contribution in [1.82, 2.24) is 0 Å². The van der Waals surface area contributed by atoms with E-state index >= 15 is 0 Å². The van der Waals surface area contributed by atoms with Gasteiger partial charge in [0.2, 0.25) is 5.91 Å². The van der Waals surface area contributed by atoms with Crippen LogP contribution in [0.15, 0.2) is 54.6 Å². The minimum atomic E-state index is -1.07. The van der Waals surface area contributed by atoms with E-state index in [-0.39, 0.29) is 18.4 Å². The number of amides is 1. The molecule has 25 heavy (non-hydrogen) atoms. The predicted molar refractivity (Wildman–Crippen MR) is 100 cm³/mol. The third kappa shape index (κ3) is 5.53. The van der Waals surface area contributed by atoms with Gasteiger partial charge in [0.1, 0.15) is 18.9 Å². The Labute approximate surface area is 152 Å². The molecule has 0 bridgehead atoms. The lowest BCUT2D eigenvalue weighted by Gasteiger charge is -2.24. The van der Waals surface area contributed by atoms with Crippen LogP contribution in [0, 0.1) is 5.92 Å². The van der Waals surface area contributed by atoms with E-state index in [0.717, 1.165) is 5.56 Å². The van der Waals surface area contributed by atoms with Crippen LogP contribution in [-0.2, 0) is 16.2 Å². The van der Waals surface area contributed by atoms with Gasteiger partial charge in [-0.1, -0.05) is 37.3 Å². The van der Waals surface area contributed by atoms with Gasteiger partial charge in [0.15, 0.2) is 0 Å². The van der Waals surface area contributed by atoms with Gasteiger partial charge in [-0.3, -0.25) is 9.59 Å². The van der Waals surface area contributed by atoms with Crippen molar-refractivity contribution < 1.29 is 19.4 Å². The minimum absolute atomic E-state index is 0.268. The molecule has 0 aromatic heterocycles. The van der Waals surface area contributed by atoms with E-state index in [1.807, 2.05) is 30.3 Å². The van der Waals surface area contributed by atoms with Gasteiger partial charge in [-0.2, -0.15) is 12.6 Å². The van der Waals surface area contributed by atoms with Crippen LogP contribution in [0.2, 0.25) is 0 Å². The van der Waals surface area contributed by atoms with Gasteiger partial charge in [-0.05, 0) is 29.8 Å². The average Bonchev–Trinajstić information content (AvgIpc) is 2.64. The number of carbonyl (C=O) groups is 2. The number of rotatable bonds is 8. The first-order chi connectivity index (χ1) is 12.0. The smallest absolute Gasteiger partial charge is 0.323 e. The molecule has 1 N–H and O–H groups in total. The van der Waals surface area contributed by atoms with Gasteiger partial charge in [-0.25, -0.2) is 0 Å². The van der Waals surface area contributed by atoms with E-state index in [0.29, 0.717) is 23.8 Å². The van der Waals surface area contributed by atoms with Crippen LogP contribution < -0.4 is 9.64 Å². The summed E-state index contributed by atoms with van der Waals surface area (Å²) in [7, 11) is 0. The molecule has 0 aliphatic heterocycles. The first-order valence-electron chi connectivity index (χ1n) is 7.92. The molecule has 0 fully saturated rings. The molecule has 0 spiro atoms. The Morgan fingerprint density at radius 1 is 1.12 bits per heavy atom. The maximum atomic E-state index is 12.4. The molecule has 0 heterocycles. The second kappa shape index (κ2) is 9.13. The van der Waals surface area contributed by atoms with Crippen molar-refractivity contribution in [2.45, 2.75) is 13.5 Å². The molecule has 6 heteroatoms. The standard InChI is InChI=1S/C19H21NO4S/c1-14(13-25)19(23)20(11-18(21)22)16-7-9-17(10-8-16)24-12-15-5-3-2-4-6-15/h2-10,14,25H,11-13H2,1H3,(H,21,22). The zero-order valence-electron chi connectivity index (χ0n) is 14.0. The molecule has 1 amide bonds. The third-order valence-corrected chi connectivity index (χ3v) is 4.20. The summed E-state index contributed by atoms with van der Waals surface area (Å²) in [6.45, 7) is 1.78. The molecule has 132 valence electrons. The fraction of sp³-hybridized carbons (Fsp3) is 0.263. The van der Waals surface area contributed by atoms with Crippen molar-refractivity contribution in [3.8, 4) is 5.75 Å². The van der Waals surface area contributed by atoms with Gasteiger partial charge in [0, 0.05) is 17.4 Å². The summed E-state index contributed by atoms with van der Waals surface area (Å²) in [4.78, 5) is 24.7. The fourth-order valence-corrected chi connectivity index (χ4v) is 2.40. The SMILES string of the molecule is CC(CS)C(=O)N(CC(=O)O)c1ccc(OCc2ccccc2)cc1. The van der Waals surface area contributed by atoms with E-state index in [4.69, 9.17) is 9.84 Å². The molecule has 0 radical (unpaired) electrons. The molecule has 0 saturated heterocycles. The molecule has 0 aliphatic rings. The first-order valence-corrected chi connectivity index (χ1v) is 8.55. The van der Waals surface area contributed by atoms with E-state index in [1.165, 1.54) is 4.90 Å². The van der Waals surface area contributed by atoms with E-state index in [1.54, 1.807) is 31.2 Å². The number of carbonyl (C=O) groups excluding carboxylic acids is 1. The van der Waals surface area contributed by atoms with Gasteiger partial charge >= 0.3 is 5.97 Å². The number of benzene rings is 2. The number of carboxylic acids is 1. The normalized spacial score (nSPS) is 11.6. The number of carboxylic acid groups (broad SMARTS) is 1. The predicted octanol–water partition coefficient (Wildman–Crippen LogP) is 3.25. The maximum Gasteiger partial charge on any atom is 0.323 e. The molecule has 1 unspecified atom stereocenters. The van der Waals surface area contributed by atoms with Crippen molar-refractivity contribution in [3.63, 3.8) is 0 Å². The highest BCUT2D eigenvalue weighted by Gasteiger charge is 2.23. The number of hydrogen-bond donors (Lipinski definition) is 2. The molecule has 0 saturated carbocycles. The number of hydrogen-bond acceptors (Lipinski definition) is 4. The minimum Gasteiger partial charge on any atom is -0.489 e. The van der Waals surface area contributed by atoms with Crippen LogP contribution in [0.3, 0.4) is 0 Å². The summed E-state index contributed by atoms with van der Waals surface area (Å²) < 4.78 is 5.70. The van der Waals surface area contributed by atoms with E-state index in [2.05, 4.69) is 12.6 Å². The lowest BCUT2D eigenvalue weighted by molar-refractivity contribution is -0.137. The van der Waals surface area contributed by atoms with Crippen LogP contribution in [0.1, 0.15) is 12.5 Å². The molecular weight excluding hydrogens is 338 g/mol. The van der Waals surface area contributed by atoms with Crippen LogP contribution >= 0.6 is 12.6 Å². The van der Waals surface area contributed by atoms with Crippen molar-refractivity contribution >= 4 is 30.2 Å². The second-order valence-electron chi connectivity index (χ2n) is 5.67. The summed E-state index contributed by atoms with van der Waals surface area (Å²) in [5.74, 6) is -0.693. The van der Waals surface area contributed by atoms with Crippen LogP contribution in [0.25, 0.3) is 0 Å². The zero-order chi connectivity index (χ0) is 18.2. The molecule has 2 rings (SSSR count). The van der Waals surface area contributed by atoms with E-state index < -0.39 is 5.97 Å². The molecule has 1 atom stereocenters. The summed E-state index contributed by atoms with van der Waals surface area (Å²) in [5, 5.41) is 9.08. The van der Waals surface area contributed by atoms with Gasteiger partial charge < -0.3 is 14.7 Å². The van der Waals surface area contributed by atoms with Crippen molar-refractivity contribution in [2.75, 3.05) is 17.2 Å². The second-order valence-corrected chi connectivity index (χ2v) is 6.04. The van der Waals surface area contributed by atoms with Crippen molar-refractivity contribution in [3.05, 3.63) is 60.2 Å². The summed E-state index contributed by atoms with van der Waals surface area (Å²) in [6.07, 6.45) is 0. The Hall–Kier alpha value is -2.47. The fourth-order valence-electron chi connectivity index (χ4n) is 2.24. The van der Waals surface area contributed by atoms with Crippen molar-refractivity contribution in [2.24, 2.45) is 5.92 Å².